The zero-order valence-corrected chi connectivity index (χ0v) is 9.05. The quantitative estimate of drug-likeness (QED) is 0.624. The third-order valence-corrected chi connectivity index (χ3v) is 2.94. The van der Waals surface area contributed by atoms with Gasteiger partial charge in [0.05, 0.1) is 0 Å². The zero-order chi connectivity index (χ0) is 10.7. The van der Waals surface area contributed by atoms with E-state index in [1.54, 1.807) is 0 Å². The average Bonchev–Trinajstić information content (AvgIpc) is 2.13. The molecule has 1 aliphatic rings. The van der Waals surface area contributed by atoms with E-state index in [1.165, 1.54) is 0 Å². The molecule has 76 valence electrons. The zero-order valence-electron chi connectivity index (χ0n) is 9.05. The van der Waals surface area contributed by atoms with Gasteiger partial charge in [-0.3, -0.25) is 4.79 Å². The molecule has 14 heavy (non-hydrogen) atoms. The van der Waals surface area contributed by atoms with Crippen molar-refractivity contribution in [2.75, 3.05) is 0 Å². The molecule has 1 unspecified atom stereocenters. The number of allylic oxidation sites excluding steroid dienone is 4. The smallest absolute Gasteiger partial charge is 0.162 e. The van der Waals surface area contributed by atoms with Crippen LogP contribution in [0.3, 0.4) is 0 Å². The molecule has 0 amide bonds. The molecule has 0 saturated heterocycles. The van der Waals surface area contributed by atoms with Crippen molar-refractivity contribution >= 4 is 5.78 Å². The maximum atomic E-state index is 11.9. The van der Waals surface area contributed by atoms with Crippen molar-refractivity contribution in [2.45, 2.75) is 26.7 Å². The van der Waals surface area contributed by atoms with E-state index in [0.29, 0.717) is 5.92 Å². The SMILES string of the molecule is C=CCC1C(=O)C(C)=CC[C@H]1C(=C)C. The molecule has 0 aliphatic heterocycles. The van der Waals surface area contributed by atoms with Gasteiger partial charge in [0, 0.05) is 5.92 Å². The van der Waals surface area contributed by atoms with Gasteiger partial charge in [-0.25, -0.2) is 0 Å². The summed E-state index contributed by atoms with van der Waals surface area (Å²) in [4.78, 5) is 11.9. The van der Waals surface area contributed by atoms with Gasteiger partial charge in [-0.2, -0.15) is 0 Å². The third-order valence-electron chi connectivity index (χ3n) is 2.94. The summed E-state index contributed by atoms with van der Waals surface area (Å²) in [5.41, 5.74) is 2.00. The molecule has 0 bridgehead atoms. The van der Waals surface area contributed by atoms with Crippen LogP contribution in [0.1, 0.15) is 26.7 Å². The molecule has 0 radical (unpaired) electrons. The second-order valence-corrected chi connectivity index (χ2v) is 4.07. The summed E-state index contributed by atoms with van der Waals surface area (Å²) in [5, 5.41) is 0. The first-order valence-corrected chi connectivity index (χ1v) is 5.05. The molecule has 0 heterocycles. The molecular weight excluding hydrogens is 172 g/mol. The first-order valence-electron chi connectivity index (χ1n) is 5.05. The summed E-state index contributed by atoms with van der Waals surface area (Å²) in [6, 6.07) is 0. The summed E-state index contributed by atoms with van der Waals surface area (Å²) in [6.45, 7) is 11.6. The van der Waals surface area contributed by atoms with Crippen LogP contribution in [-0.4, -0.2) is 5.78 Å². The first-order chi connectivity index (χ1) is 6.57. The predicted molar refractivity (Wildman–Crippen MR) is 60.0 cm³/mol. The van der Waals surface area contributed by atoms with Crippen molar-refractivity contribution in [3.63, 3.8) is 0 Å². The lowest BCUT2D eigenvalue weighted by atomic mass is 9.74. The fraction of sp³-hybridized carbons (Fsp3) is 0.462. The number of hydrogen-bond donors (Lipinski definition) is 0. The molecular formula is C13H18O. The van der Waals surface area contributed by atoms with Crippen molar-refractivity contribution in [3.05, 3.63) is 36.5 Å². The number of carbonyl (C=O) groups excluding carboxylic acids is 1. The van der Waals surface area contributed by atoms with E-state index in [1.807, 2.05) is 26.0 Å². The Balaban J connectivity index is 2.92. The van der Waals surface area contributed by atoms with Crippen LogP contribution in [-0.2, 0) is 4.79 Å². The number of Topliss-reactive ketones (excluding diaryl/α,β-unsaturated/α-hetero) is 1. The van der Waals surface area contributed by atoms with Crippen LogP contribution in [0, 0.1) is 11.8 Å². The van der Waals surface area contributed by atoms with E-state index in [2.05, 4.69) is 13.2 Å². The Kier molecular flexibility index (Phi) is 3.45. The minimum atomic E-state index is 0.0787. The van der Waals surface area contributed by atoms with E-state index in [-0.39, 0.29) is 11.7 Å². The van der Waals surface area contributed by atoms with Gasteiger partial charge < -0.3 is 0 Å². The molecule has 0 N–H and O–H groups in total. The molecule has 0 aromatic rings. The number of hydrogen-bond acceptors (Lipinski definition) is 1. The molecule has 0 spiro atoms. The molecule has 1 heteroatoms. The van der Waals surface area contributed by atoms with E-state index >= 15 is 0 Å². The van der Waals surface area contributed by atoms with Crippen molar-refractivity contribution in [3.8, 4) is 0 Å². The van der Waals surface area contributed by atoms with Crippen LogP contribution in [0.2, 0.25) is 0 Å². The molecule has 0 aromatic heterocycles. The predicted octanol–water partition coefficient (Wildman–Crippen LogP) is 3.29. The molecule has 0 saturated carbocycles. The second kappa shape index (κ2) is 4.41. The van der Waals surface area contributed by atoms with Crippen molar-refractivity contribution < 1.29 is 4.79 Å². The Morgan fingerprint density at radius 2 is 2.36 bits per heavy atom. The lowest BCUT2D eigenvalue weighted by molar-refractivity contribution is -0.120. The maximum absolute atomic E-state index is 11.9. The standard InChI is InChI=1S/C13H18O/c1-5-6-12-11(9(2)3)8-7-10(4)13(12)14/h5,7,11-12H,1-2,6,8H2,3-4H3/t11-,12?/m0/s1. The molecule has 0 fully saturated rings. The highest BCUT2D eigenvalue weighted by atomic mass is 16.1. The number of carbonyl (C=O) groups is 1. The monoisotopic (exact) mass is 190 g/mol. The minimum Gasteiger partial charge on any atom is -0.294 e. The summed E-state index contributed by atoms with van der Waals surface area (Å²) >= 11 is 0. The maximum Gasteiger partial charge on any atom is 0.162 e. The summed E-state index contributed by atoms with van der Waals surface area (Å²) < 4.78 is 0. The van der Waals surface area contributed by atoms with E-state index in [4.69, 9.17) is 0 Å². The highest BCUT2D eigenvalue weighted by Gasteiger charge is 2.30. The molecule has 0 aromatic carbocycles. The van der Waals surface area contributed by atoms with Gasteiger partial charge in [-0.1, -0.05) is 24.3 Å². The normalized spacial score (nSPS) is 27.0. The molecule has 1 rings (SSSR count). The van der Waals surface area contributed by atoms with Gasteiger partial charge in [0.15, 0.2) is 5.78 Å². The van der Waals surface area contributed by atoms with Gasteiger partial charge in [-0.05, 0) is 38.2 Å². The number of rotatable bonds is 3. The van der Waals surface area contributed by atoms with E-state index < -0.39 is 0 Å². The Morgan fingerprint density at radius 3 is 2.86 bits per heavy atom. The van der Waals surface area contributed by atoms with Crippen LogP contribution in [0.4, 0.5) is 0 Å². The fourth-order valence-electron chi connectivity index (χ4n) is 2.04. The van der Waals surface area contributed by atoms with Crippen molar-refractivity contribution in [2.24, 2.45) is 11.8 Å². The van der Waals surface area contributed by atoms with Crippen LogP contribution < -0.4 is 0 Å². The Bertz CT molecular complexity index is 296. The Morgan fingerprint density at radius 1 is 1.71 bits per heavy atom. The topological polar surface area (TPSA) is 17.1 Å². The summed E-state index contributed by atoms with van der Waals surface area (Å²) in [5.74, 6) is 0.656. The van der Waals surface area contributed by atoms with Gasteiger partial charge in [0.25, 0.3) is 0 Å². The molecule has 2 atom stereocenters. The van der Waals surface area contributed by atoms with Gasteiger partial charge in [-0.15, -0.1) is 6.58 Å². The first kappa shape index (κ1) is 11.0. The van der Waals surface area contributed by atoms with Gasteiger partial charge in [0.1, 0.15) is 0 Å². The van der Waals surface area contributed by atoms with Crippen LogP contribution in [0.15, 0.2) is 36.5 Å². The van der Waals surface area contributed by atoms with E-state index in [9.17, 15) is 4.79 Å². The van der Waals surface area contributed by atoms with Crippen molar-refractivity contribution in [1.82, 2.24) is 0 Å². The van der Waals surface area contributed by atoms with Gasteiger partial charge >= 0.3 is 0 Å². The summed E-state index contributed by atoms with van der Waals surface area (Å²) in [6.07, 6.45) is 5.57. The Hall–Kier alpha value is -1.11. The highest BCUT2D eigenvalue weighted by Crippen LogP contribution is 2.33. The average molecular weight is 190 g/mol. The van der Waals surface area contributed by atoms with Crippen LogP contribution >= 0.6 is 0 Å². The van der Waals surface area contributed by atoms with Crippen molar-refractivity contribution in [1.29, 1.82) is 0 Å². The van der Waals surface area contributed by atoms with Crippen LogP contribution in [0.5, 0.6) is 0 Å². The number of ketones is 1. The lowest BCUT2D eigenvalue weighted by Gasteiger charge is -2.28. The molecule has 1 aliphatic carbocycles. The van der Waals surface area contributed by atoms with Gasteiger partial charge in [0.2, 0.25) is 0 Å². The second-order valence-electron chi connectivity index (χ2n) is 4.07. The largest absolute Gasteiger partial charge is 0.294 e. The summed E-state index contributed by atoms with van der Waals surface area (Å²) in [7, 11) is 0. The highest BCUT2D eigenvalue weighted by molar-refractivity contribution is 5.97. The Labute approximate surface area is 86.2 Å². The minimum absolute atomic E-state index is 0.0787. The van der Waals surface area contributed by atoms with E-state index in [0.717, 1.165) is 24.0 Å². The fourth-order valence-corrected chi connectivity index (χ4v) is 2.04. The third kappa shape index (κ3) is 2.03. The molecule has 1 nitrogen and oxygen atoms in total. The van der Waals surface area contributed by atoms with Crippen LogP contribution in [0.25, 0.3) is 0 Å². The lowest BCUT2D eigenvalue weighted by Crippen LogP contribution is -2.28.